The number of thioether (sulfide) groups is 1. The van der Waals surface area contributed by atoms with Gasteiger partial charge in [0, 0.05) is 6.42 Å². The summed E-state index contributed by atoms with van der Waals surface area (Å²) in [5.74, 6) is 5.86. The van der Waals surface area contributed by atoms with E-state index in [1.165, 1.54) is 11.8 Å². The molecule has 0 spiro atoms. The van der Waals surface area contributed by atoms with Crippen LogP contribution in [0.5, 0.6) is 0 Å². The molecule has 1 rings (SSSR count). The van der Waals surface area contributed by atoms with Gasteiger partial charge in [0.1, 0.15) is 4.75 Å². The number of hydrogen-bond donors (Lipinski definition) is 1. The van der Waals surface area contributed by atoms with Gasteiger partial charge < -0.3 is 5.11 Å². The Labute approximate surface area is 76.7 Å². The van der Waals surface area contributed by atoms with E-state index < -0.39 is 10.7 Å². The molecular formula is C9H12O2S. The zero-order valence-electron chi connectivity index (χ0n) is 7.09. The van der Waals surface area contributed by atoms with Crippen LogP contribution in [0.3, 0.4) is 0 Å². The van der Waals surface area contributed by atoms with Gasteiger partial charge in [0.2, 0.25) is 0 Å². The Morgan fingerprint density at radius 2 is 2.50 bits per heavy atom. The number of aliphatic carboxylic acids is 1. The molecule has 1 atom stereocenters. The first kappa shape index (κ1) is 9.47. The van der Waals surface area contributed by atoms with E-state index in [4.69, 9.17) is 5.11 Å². The van der Waals surface area contributed by atoms with Crippen molar-refractivity contribution in [1.82, 2.24) is 0 Å². The van der Waals surface area contributed by atoms with E-state index in [0.717, 1.165) is 18.6 Å². The van der Waals surface area contributed by atoms with Crippen molar-refractivity contribution in [3.63, 3.8) is 0 Å². The minimum absolute atomic E-state index is 0.490. The average molecular weight is 184 g/mol. The van der Waals surface area contributed by atoms with E-state index in [2.05, 4.69) is 11.8 Å². The van der Waals surface area contributed by atoms with Gasteiger partial charge in [-0.15, -0.1) is 23.6 Å². The summed E-state index contributed by atoms with van der Waals surface area (Å²) >= 11 is 1.54. The van der Waals surface area contributed by atoms with E-state index >= 15 is 0 Å². The van der Waals surface area contributed by atoms with Gasteiger partial charge in [-0.3, -0.25) is 4.79 Å². The van der Waals surface area contributed by atoms with Crippen molar-refractivity contribution in [2.75, 3.05) is 5.75 Å². The average Bonchev–Trinajstić information content (AvgIpc) is 2.50. The first-order chi connectivity index (χ1) is 5.71. The monoisotopic (exact) mass is 184 g/mol. The van der Waals surface area contributed by atoms with Gasteiger partial charge in [0.25, 0.3) is 0 Å². The molecule has 1 aliphatic rings. The highest BCUT2D eigenvalue weighted by Crippen LogP contribution is 2.40. The molecule has 0 amide bonds. The predicted octanol–water partition coefficient (Wildman–Crippen LogP) is 1.75. The molecular weight excluding hydrogens is 172 g/mol. The molecule has 3 heteroatoms. The number of carboxylic acids is 1. The Bertz CT molecular complexity index is 231. The number of rotatable bonds is 2. The molecule has 0 bridgehead atoms. The molecule has 2 nitrogen and oxygen atoms in total. The first-order valence-electron chi connectivity index (χ1n) is 3.98. The van der Waals surface area contributed by atoms with E-state index in [-0.39, 0.29) is 0 Å². The van der Waals surface area contributed by atoms with E-state index in [9.17, 15) is 4.79 Å². The highest BCUT2D eigenvalue weighted by molar-refractivity contribution is 8.01. The van der Waals surface area contributed by atoms with E-state index in [0.29, 0.717) is 6.42 Å². The molecule has 0 radical (unpaired) electrons. The quantitative estimate of drug-likeness (QED) is 0.664. The maximum atomic E-state index is 10.9. The fourth-order valence-electron chi connectivity index (χ4n) is 1.31. The lowest BCUT2D eigenvalue weighted by Crippen LogP contribution is -2.31. The zero-order chi connectivity index (χ0) is 9.03. The molecule has 1 saturated heterocycles. The lowest BCUT2D eigenvalue weighted by atomic mass is 10.00. The van der Waals surface area contributed by atoms with Crippen molar-refractivity contribution in [2.45, 2.75) is 30.9 Å². The molecule has 0 aliphatic carbocycles. The summed E-state index contributed by atoms with van der Waals surface area (Å²) < 4.78 is -0.594. The Balaban J connectivity index is 2.69. The molecule has 1 heterocycles. The van der Waals surface area contributed by atoms with Gasteiger partial charge in [-0.1, -0.05) is 0 Å². The van der Waals surface area contributed by atoms with Crippen molar-refractivity contribution < 1.29 is 9.90 Å². The summed E-state index contributed by atoms with van der Waals surface area (Å²) in [6.45, 7) is 1.75. The molecule has 1 unspecified atom stereocenters. The molecule has 12 heavy (non-hydrogen) atoms. The Hall–Kier alpha value is -0.620. The summed E-state index contributed by atoms with van der Waals surface area (Å²) in [5, 5.41) is 9.00. The molecule has 0 aromatic rings. The van der Waals surface area contributed by atoms with Crippen molar-refractivity contribution in [1.29, 1.82) is 0 Å². The molecule has 66 valence electrons. The minimum Gasteiger partial charge on any atom is -0.480 e. The highest BCUT2D eigenvalue weighted by atomic mass is 32.2. The van der Waals surface area contributed by atoms with Crippen LogP contribution in [-0.4, -0.2) is 21.6 Å². The van der Waals surface area contributed by atoms with Crippen molar-refractivity contribution >= 4 is 17.7 Å². The van der Waals surface area contributed by atoms with Crippen LogP contribution in [-0.2, 0) is 4.79 Å². The zero-order valence-corrected chi connectivity index (χ0v) is 7.91. The SMILES string of the molecule is CC#CCC1(C(=O)O)CCCS1. The van der Waals surface area contributed by atoms with Gasteiger partial charge >= 0.3 is 5.97 Å². The minimum atomic E-state index is -0.701. The largest absolute Gasteiger partial charge is 0.480 e. The summed E-state index contributed by atoms with van der Waals surface area (Å²) in [7, 11) is 0. The van der Waals surface area contributed by atoms with Crippen LogP contribution >= 0.6 is 11.8 Å². The van der Waals surface area contributed by atoms with Gasteiger partial charge in [-0.05, 0) is 25.5 Å². The normalized spacial score (nSPS) is 27.8. The van der Waals surface area contributed by atoms with Gasteiger partial charge in [-0.25, -0.2) is 0 Å². The van der Waals surface area contributed by atoms with Crippen molar-refractivity contribution in [3.8, 4) is 11.8 Å². The van der Waals surface area contributed by atoms with Crippen LogP contribution in [0.2, 0.25) is 0 Å². The van der Waals surface area contributed by atoms with Crippen LogP contribution in [0.1, 0.15) is 26.2 Å². The number of carboxylic acid groups (broad SMARTS) is 1. The lowest BCUT2D eigenvalue weighted by Gasteiger charge is -2.19. The number of carbonyl (C=O) groups is 1. The molecule has 0 saturated carbocycles. The summed E-state index contributed by atoms with van der Waals surface area (Å²) in [6.07, 6.45) is 2.26. The molecule has 1 aliphatic heterocycles. The van der Waals surface area contributed by atoms with Gasteiger partial charge in [0.15, 0.2) is 0 Å². The van der Waals surface area contributed by atoms with Crippen molar-refractivity contribution in [3.05, 3.63) is 0 Å². The van der Waals surface area contributed by atoms with E-state index in [1.807, 2.05) is 0 Å². The van der Waals surface area contributed by atoms with Crippen LogP contribution in [0, 0.1) is 11.8 Å². The first-order valence-corrected chi connectivity index (χ1v) is 4.97. The second kappa shape index (κ2) is 3.86. The van der Waals surface area contributed by atoms with Crippen LogP contribution in [0.4, 0.5) is 0 Å². The maximum absolute atomic E-state index is 10.9. The maximum Gasteiger partial charge on any atom is 0.320 e. The van der Waals surface area contributed by atoms with Crippen LogP contribution in [0.25, 0.3) is 0 Å². The second-order valence-electron chi connectivity index (χ2n) is 2.86. The Morgan fingerprint density at radius 1 is 1.75 bits per heavy atom. The smallest absolute Gasteiger partial charge is 0.320 e. The van der Waals surface area contributed by atoms with Crippen molar-refractivity contribution in [2.24, 2.45) is 0 Å². The van der Waals surface area contributed by atoms with E-state index in [1.54, 1.807) is 6.92 Å². The summed E-state index contributed by atoms with van der Waals surface area (Å²) in [4.78, 5) is 10.9. The molecule has 1 N–H and O–H groups in total. The summed E-state index contributed by atoms with van der Waals surface area (Å²) in [6, 6.07) is 0. The topological polar surface area (TPSA) is 37.3 Å². The molecule has 0 aromatic heterocycles. The third-order valence-electron chi connectivity index (χ3n) is 2.04. The Kier molecular flexibility index (Phi) is 3.05. The third-order valence-corrected chi connectivity index (χ3v) is 3.61. The van der Waals surface area contributed by atoms with Gasteiger partial charge in [0.05, 0.1) is 0 Å². The second-order valence-corrected chi connectivity index (χ2v) is 4.33. The van der Waals surface area contributed by atoms with Gasteiger partial charge in [-0.2, -0.15) is 0 Å². The fraction of sp³-hybridized carbons (Fsp3) is 0.667. The Morgan fingerprint density at radius 3 is 2.92 bits per heavy atom. The van der Waals surface area contributed by atoms with Crippen LogP contribution < -0.4 is 0 Å². The predicted molar refractivity (Wildman–Crippen MR) is 50.1 cm³/mol. The fourth-order valence-corrected chi connectivity index (χ4v) is 2.58. The number of hydrogen-bond acceptors (Lipinski definition) is 2. The molecule has 1 fully saturated rings. The van der Waals surface area contributed by atoms with Crippen LogP contribution in [0.15, 0.2) is 0 Å². The summed E-state index contributed by atoms with van der Waals surface area (Å²) in [5.41, 5.74) is 0. The third kappa shape index (κ3) is 1.75. The standard InChI is InChI=1S/C9H12O2S/c1-2-3-5-9(8(10)11)6-4-7-12-9/h4-7H2,1H3,(H,10,11). The molecule has 0 aromatic carbocycles. The highest BCUT2D eigenvalue weighted by Gasteiger charge is 2.41. The lowest BCUT2D eigenvalue weighted by molar-refractivity contribution is -0.139.